The minimum atomic E-state index is 0.581. The Morgan fingerprint density at radius 1 is 0.650 bits per heavy atom. The van der Waals surface area contributed by atoms with Crippen LogP contribution in [0.2, 0.25) is 10.0 Å². The van der Waals surface area contributed by atoms with Crippen LogP contribution in [0.5, 0.6) is 11.5 Å². The summed E-state index contributed by atoms with van der Waals surface area (Å²) in [6, 6.07) is 13.7. The Kier molecular flexibility index (Phi) is 5.41. The van der Waals surface area contributed by atoms with E-state index in [-0.39, 0.29) is 0 Å². The van der Waals surface area contributed by atoms with Gasteiger partial charge in [-0.15, -0.1) is 0 Å². The largest absolute Gasteiger partial charge is 0.357 e. The van der Waals surface area contributed by atoms with Crippen LogP contribution in [0.3, 0.4) is 0 Å². The highest BCUT2D eigenvalue weighted by Gasteiger charge is 1.92. The normalized spacial score (nSPS) is 11.1. The van der Waals surface area contributed by atoms with E-state index >= 15 is 0 Å². The maximum atomic E-state index is 5.74. The zero-order valence-electron chi connectivity index (χ0n) is 10.2. The van der Waals surface area contributed by atoms with Crippen molar-refractivity contribution in [3.63, 3.8) is 0 Å². The Labute approximate surface area is 126 Å². The van der Waals surface area contributed by atoms with Crippen LogP contribution in [0.25, 0.3) is 0 Å². The summed E-state index contributed by atoms with van der Waals surface area (Å²) in [5, 5.41) is 8.67. The van der Waals surface area contributed by atoms with Gasteiger partial charge >= 0.3 is 0 Å². The standard InChI is InChI=1S/C14H10Cl2N2O2/c15-11-1-5-13(6-2-11)19-17-9-10-18-20-14-7-3-12(16)4-8-14/h1-10H/b17-9+,18-10+. The molecule has 0 heterocycles. The summed E-state index contributed by atoms with van der Waals surface area (Å²) in [6.07, 6.45) is 2.73. The molecule has 2 aromatic rings. The number of nitrogens with zero attached hydrogens (tertiary/aromatic N) is 2. The maximum Gasteiger partial charge on any atom is 0.158 e. The molecule has 0 fully saturated rings. The van der Waals surface area contributed by atoms with Crippen molar-refractivity contribution in [2.24, 2.45) is 10.3 Å². The molecule has 2 rings (SSSR count). The quantitative estimate of drug-likeness (QED) is 0.606. The fourth-order valence-electron chi connectivity index (χ4n) is 1.23. The first-order chi connectivity index (χ1) is 9.74. The smallest absolute Gasteiger partial charge is 0.158 e. The molecule has 0 amide bonds. The van der Waals surface area contributed by atoms with Crippen molar-refractivity contribution < 1.29 is 9.68 Å². The Bertz CT molecular complexity index is 540. The van der Waals surface area contributed by atoms with Crippen molar-refractivity contribution in [1.82, 2.24) is 0 Å². The van der Waals surface area contributed by atoms with Gasteiger partial charge < -0.3 is 9.68 Å². The van der Waals surface area contributed by atoms with E-state index in [4.69, 9.17) is 32.9 Å². The summed E-state index contributed by atoms with van der Waals surface area (Å²) in [6.45, 7) is 0. The molecule has 102 valence electrons. The molecular weight excluding hydrogens is 299 g/mol. The highest BCUT2D eigenvalue weighted by molar-refractivity contribution is 6.30. The van der Waals surface area contributed by atoms with Gasteiger partial charge in [-0.1, -0.05) is 33.5 Å². The summed E-state index contributed by atoms with van der Waals surface area (Å²) in [5.74, 6) is 1.16. The molecular formula is C14H10Cl2N2O2. The molecule has 0 radical (unpaired) electrons. The molecule has 6 heteroatoms. The first-order valence-corrected chi connectivity index (χ1v) is 6.40. The molecule has 4 nitrogen and oxygen atoms in total. The van der Waals surface area contributed by atoms with Crippen molar-refractivity contribution in [1.29, 1.82) is 0 Å². The van der Waals surface area contributed by atoms with Crippen LogP contribution in [0.1, 0.15) is 0 Å². The fourth-order valence-corrected chi connectivity index (χ4v) is 1.48. The minimum absolute atomic E-state index is 0.581. The molecule has 0 saturated heterocycles. The lowest BCUT2D eigenvalue weighted by molar-refractivity contribution is 0.340. The fraction of sp³-hybridized carbons (Fsp3) is 0. The average molecular weight is 309 g/mol. The van der Waals surface area contributed by atoms with Crippen LogP contribution in [-0.4, -0.2) is 12.4 Å². The second-order valence-corrected chi connectivity index (χ2v) is 4.47. The molecule has 0 saturated carbocycles. The van der Waals surface area contributed by atoms with E-state index in [9.17, 15) is 0 Å². The minimum Gasteiger partial charge on any atom is -0.357 e. The molecule has 0 aliphatic carbocycles. The lowest BCUT2D eigenvalue weighted by Gasteiger charge is -1.97. The first-order valence-electron chi connectivity index (χ1n) is 5.64. The number of hydrogen-bond donors (Lipinski definition) is 0. The summed E-state index contributed by atoms with van der Waals surface area (Å²) < 4.78 is 0. The van der Waals surface area contributed by atoms with E-state index in [1.807, 2.05) is 0 Å². The van der Waals surface area contributed by atoms with Crippen LogP contribution < -0.4 is 9.68 Å². The molecule has 20 heavy (non-hydrogen) atoms. The van der Waals surface area contributed by atoms with Crippen molar-refractivity contribution in [3.05, 3.63) is 58.6 Å². The van der Waals surface area contributed by atoms with Crippen molar-refractivity contribution in [2.75, 3.05) is 0 Å². The maximum absolute atomic E-state index is 5.74. The number of hydrogen-bond acceptors (Lipinski definition) is 4. The zero-order valence-corrected chi connectivity index (χ0v) is 11.8. The van der Waals surface area contributed by atoms with Crippen LogP contribution in [0, 0.1) is 0 Å². The molecule has 0 aliphatic heterocycles. The van der Waals surface area contributed by atoms with Gasteiger partial charge in [-0.3, -0.25) is 0 Å². The SMILES string of the molecule is Clc1ccc(O/N=C/C=N/Oc2ccc(Cl)cc2)cc1. The highest BCUT2D eigenvalue weighted by Crippen LogP contribution is 2.16. The zero-order chi connectivity index (χ0) is 14.2. The molecule has 0 aromatic heterocycles. The molecule has 0 N–H and O–H groups in total. The topological polar surface area (TPSA) is 43.2 Å². The Balaban J connectivity index is 1.76. The second kappa shape index (κ2) is 7.53. The number of benzene rings is 2. The van der Waals surface area contributed by atoms with Gasteiger partial charge in [0.15, 0.2) is 11.5 Å². The van der Waals surface area contributed by atoms with E-state index in [0.29, 0.717) is 21.5 Å². The third-order valence-corrected chi connectivity index (χ3v) is 2.64. The molecule has 0 unspecified atom stereocenters. The van der Waals surface area contributed by atoms with E-state index < -0.39 is 0 Å². The van der Waals surface area contributed by atoms with E-state index in [0.717, 1.165) is 0 Å². The van der Waals surface area contributed by atoms with Crippen LogP contribution in [0.4, 0.5) is 0 Å². The summed E-state index contributed by atoms with van der Waals surface area (Å²) in [5.41, 5.74) is 0. The first kappa shape index (κ1) is 14.4. The number of oxime groups is 2. The van der Waals surface area contributed by atoms with E-state index in [2.05, 4.69) is 10.3 Å². The predicted octanol–water partition coefficient (Wildman–Crippen LogP) is 4.42. The van der Waals surface area contributed by atoms with Gasteiger partial charge in [-0.2, -0.15) is 0 Å². The summed E-state index contributed by atoms with van der Waals surface area (Å²) in [4.78, 5) is 10.2. The van der Waals surface area contributed by atoms with Gasteiger partial charge in [0.1, 0.15) is 0 Å². The number of halogens is 2. The van der Waals surface area contributed by atoms with Crippen molar-refractivity contribution in [3.8, 4) is 11.5 Å². The lowest BCUT2D eigenvalue weighted by Crippen LogP contribution is -1.88. The Morgan fingerprint density at radius 3 is 1.35 bits per heavy atom. The van der Waals surface area contributed by atoms with Crippen LogP contribution in [0.15, 0.2) is 58.8 Å². The van der Waals surface area contributed by atoms with Crippen molar-refractivity contribution in [2.45, 2.75) is 0 Å². The van der Waals surface area contributed by atoms with Crippen LogP contribution >= 0.6 is 23.2 Å². The third-order valence-electron chi connectivity index (χ3n) is 2.13. The van der Waals surface area contributed by atoms with Crippen molar-refractivity contribution >= 4 is 35.6 Å². The molecule has 0 atom stereocenters. The van der Waals surface area contributed by atoms with Gasteiger partial charge in [-0.25, -0.2) is 0 Å². The summed E-state index contributed by atoms with van der Waals surface area (Å²) >= 11 is 11.5. The molecule has 0 spiro atoms. The number of rotatable bonds is 5. The van der Waals surface area contributed by atoms with E-state index in [1.54, 1.807) is 48.5 Å². The highest BCUT2D eigenvalue weighted by atomic mass is 35.5. The van der Waals surface area contributed by atoms with Gasteiger partial charge in [0, 0.05) is 10.0 Å². The van der Waals surface area contributed by atoms with E-state index in [1.165, 1.54) is 12.4 Å². The van der Waals surface area contributed by atoms with Crippen LogP contribution in [-0.2, 0) is 0 Å². The Hall–Kier alpha value is -2.04. The van der Waals surface area contributed by atoms with Gasteiger partial charge in [0.2, 0.25) is 0 Å². The molecule has 0 aliphatic rings. The third kappa shape index (κ3) is 4.91. The monoisotopic (exact) mass is 308 g/mol. The van der Waals surface area contributed by atoms with Gasteiger partial charge in [0.05, 0.1) is 12.4 Å². The van der Waals surface area contributed by atoms with Gasteiger partial charge in [0.25, 0.3) is 0 Å². The van der Waals surface area contributed by atoms with Gasteiger partial charge in [-0.05, 0) is 48.5 Å². The molecule has 2 aromatic carbocycles. The summed E-state index contributed by atoms with van der Waals surface area (Å²) in [7, 11) is 0. The second-order valence-electron chi connectivity index (χ2n) is 3.60. The average Bonchev–Trinajstić information content (AvgIpc) is 2.46. The Morgan fingerprint density at radius 2 is 1.00 bits per heavy atom. The predicted molar refractivity (Wildman–Crippen MR) is 81.1 cm³/mol. The molecule has 0 bridgehead atoms. The lowest BCUT2D eigenvalue weighted by atomic mass is 10.3.